The predicted octanol–water partition coefficient (Wildman–Crippen LogP) is 3.69. The molecule has 0 radical (unpaired) electrons. The smallest absolute Gasteiger partial charge is 0.283 e. The molecule has 0 spiro atoms. The van der Waals surface area contributed by atoms with Crippen molar-refractivity contribution in [3.05, 3.63) is 36.2 Å². The Balaban J connectivity index is 1.77. The Kier molecular flexibility index (Phi) is 4.15. The van der Waals surface area contributed by atoms with E-state index in [1.807, 2.05) is 6.07 Å². The normalized spacial score (nSPS) is 18.3. The fourth-order valence-electron chi connectivity index (χ4n) is 2.20. The summed E-state index contributed by atoms with van der Waals surface area (Å²) < 4.78 is 41.4. The van der Waals surface area contributed by atoms with Gasteiger partial charge in [0.05, 0.1) is 18.8 Å². The third-order valence-corrected chi connectivity index (χ3v) is 3.36. The van der Waals surface area contributed by atoms with Crippen LogP contribution in [-0.4, -0.2) is 24.8 Å². The molecule has 1 fully saturated rings. The summed E-state index contributed by atoms with van der Waals surface area (Å²) in [7, 11) is 0. The van der Waals surface area contributed by atoms with Crippen LogP contribution in [0.3, 0.4) is 0 Å². The molecule has 4 nitrogen and oxygen atoms in total. The molecule has 0 amide bonds. The SMILES string of the molecule is FC(F)c1coc(-c2ccccc2OCC2CCOC2)n1. The summed E-state index contributed by atoms with van der Waals surface area (Å²) >= 11 is 0. The summed E-state index contributed by atoms with van der Waals surface area (Å²) in [6, 6.07) is 7.12. The number of alkyl halides is 2. The molecule has 0 saturated carbocycles. The molecule has 1 saturated heterocycles. The van der Waals surface area contributed by atoms with Crippen LogP contribution in [0.15, 0.2) is 34.9 Å². The van der Waals surface area contributed by atoms with Crippen molar-refractivity contribution in [1.29, 1.82) is 0 Å². The van der Waals surface area contributed by atoms with E-state index in [1.54, 1.807) is 18.2 Å². The van der Waals surface area contributed by atoms with Gasteiger partial charge in [0.2, 0.25) is 5.89 Å². The maximum absolute atomic E-state index is 12.6. The molecule has 3 rings (SSSR count). The Hall–Kier alpha value is -1.95. The lowest BCUT2D eigenvalue weighted by Gasteiger charge is -2.12. The number of halogens is 2. The summed E-state index contributed by atoms with van der Waals surface area (Å²) in [5.41, 5.74) is 0.201. The largest absolute Gasteiger partial charge is 0.492 e. The molecular formula is C15H15F2NO3. The van der Waals surface area contributed by atoms with E-state index < -0.39 is 6.43 Å². The lowest BCUT2D eigenvalue weighted by atomic mass is 10.1. The zero-order chi connectivity index (χ0) is 14.7. The zero-order valence-corrected chi connectivity index (χ0v) is 11.3. The van der Waals surface area contributed by atoms with Crippen molar-refractivity contribution >= 4 is 0 Å². The Labute approximate surface area is 120 Å². The lowest BCUT2D eigenvalue weighted by Crippen LogP contribution is -2.12. The fourth-order valence-corrected chi connectivity index (χ4v) is 2.20. The van der Waals surface area contributed by atoms with Gasteiger partial charge in [-0.25, -0.2) is 13.8 Å². The standard InChI is InChI=1S/C15H15F2NO3/c16-14(17)12-9-21-15(18-12)11-3-1-2-4-13(11)20-8-10-5-6-19-7-10/h1-4,9-10,14H,5-8H2. The molecule has 1 aliphatic rings. The van der Waals surface area contributed by atoms with E-state index in [9.17, 15) is 8.78 Å². The first-order chi connectivity index (χ1) is 10.2. The topological polar surface area (TPSA) is 44.5 Å². The van der Waals surface area contributed by atoms with Gasteiger partial charge in [-0.3, -0.25) is 0 Å². The molecule has 1 aliphatic heterocycles. The molecule has 0 bridgehead atoms. The van der Waals surface area contributed by atoms with Gasteiger partial charge in [0.1, 0.15) is 17.7 Å². The number of benzene rings is 1. The first kappa shape index (κ1) is 14.0. The van der Waals surface area contributed by atoms with Crippen molar-refractivity contribution in [2.75, 3.05) is 19.8 Å². The summed E-state index contributed by atoms with van der Waals surface area (Å²) in [6.45, 7) is 1.98. The first-order valence-corrected chi connectivity index (χ1v) is 6.77. The second kappa shape index (κ2) is 6.22. The predicted molar refractivity (Wildman–Crippen MR) is 71.3 cm³/mol. The molecule has 2 aromatic rings. The quantitative estimate of drug-likeness (QED) is 0.843. The Morgan fingerprint density at radius 1 is 1.33 bits per heavy atom. The van der Waals surface area contributed by atoms with Gasteiger partial charge >= 0.3 is 0 Å². The van der Waals surface area contributed by atoms with Gasteiger partial charge in [-0.2, -0.15) is 0 Å². The number of oxazole rings is 1. The maximum atomic E-state index is 12.6. The highest BCUT2D eigenvalue weighted by molar-refractivity contribution is 5.62. The summed E-state index contributed by atoms with van der Waals surface area (Å²) in [4.78, 5) is 3.80. The number of ether oxygens (including phenoxy) is 2. The molecule has 1 aromatic carbocycles. The third-order valence-electron chi connectivity index (χ3n) is 3.36. The van der Waals surface area contributed by atoms with Gasteiger partial charge in [-0.05, 0) is 18.6 Å². The average Bonchev–Trinajstić information content (AvgIpc) is 3.17. The van der Waals surface area contributed by atoms with Crippen LogP contribution in [0.2, 0.25) is 0 Å². The van der Waals surface area contributed by atoms with Crippen LogP contribution < -0.4 is 4.74 Å². The number of aromatic nitrogens is 1. The average molecular weight is 295 g/mol. The van der Waals surface area contributed by atoms with Gasteiger partial charge in [0.25, 0.3) is 6.43 Å². The number of nitrogens with zero attached hydrogens (tertiary/aromatic N) is 1. The Bertz CT molecular complexity index is 594. The van der Waals surface area contributed by atoms with Crippen LogP contribution in [0.5, 0.6) is 5.75 Å². The summed E-state index contributed by atoms with van der Waals surface area (Å²) in [5.74, 6) is 1.08. The monoisotopic (exact) mass is 295 g/mol. The van der Waals surface area contributed by atoms with Gasteiger partial charge in [-0.15, -0.1) is 0 Å². The second-order valence-corrected chi connectivity index (χ2v) is 4.91. The number of hydrogen-bond acceptors (Lipinski definition) is 4. The van der Waals surface area contributed by atoms with Gasteiger partial charge in [0, 0.05) is 12.5 Å². The van der Waals surface area contributed by atoms with Crippen molar-refractivity contribution < 1.29 is 22.7 Å². The molecule has 1 unspecified atom stereocenters. The van der Waals surface area contributed by atoms with Crippen LogP contribution in [0.25, 0.3) is 11.5 Å². The number of para-hydroxylation sites is 1. The van der Waals surface area contributed by atoms with Crippen LogP contribution in [0.4, 0.5) is 8.78 Å². The van der Waals surface area contributed by atoms with E-state index >= 15 is 0 Å². The molecule has 0 N–H and O–H groups in total. The molecule has 2 heterocycles. The summed E-state index contributed by atoms with van der Waals surface area (Å²) in [6.07, 6.45) is -0.704. The number of rotatable bonds is 5. The highest BCUT2D eigenvalue weighted by atomic mass is 19.3. The minimum Gasteiger partial charge on any atom is -0.492 e. The van der Waals surface area contributed by atoms with Crippen molar-refractivity contribution in [3.8, 4) is 17.2 Å². The van der Waals surface area contributed by atoms with E-state index in [0.29, 0.717) is 30.4 Å². The van der Waals surface area contributed by atoms with Crippen molar-refractivity contribution in [1.82, 2.24) is 4.98 Å². The number of hydrogen-bond donors (Lipinski definition) is 0. The van der Waals surface area contributed by atoms with Crippen LogP contribution in [0.1, 0.15) is 18.5 Å². The highest BCUT2D eigenvalue weighted by Gasteiger charge is 2.19. The van der Waals surface area contributed by atoms with Crippen molar-refractivity contribution in [2.24, 2.45) is 5.92 Å². The van der Waals surface area contributed by atoms with E-state index in [0.717, 1.165) is 19.3 Å². The maximum Gasteiger partial charge on any atom is 0.283 e. The second-order valence-electron chi connectivity index (χ2n) is 4.91. The molecule has 21 heavy (non-hydrogen) atoms. The minimum atomic E-state index is -2.65. The zero-order valence-electron chi connectivity index (χ0n) is 11.3. The van der Waals surface area contributed by atoms with E-state index in [4.69, 9.17) is 13.9 Å². The van der Waals surface area contributed by atoms with E-state index in [1.165, 1.54) is 0 Å². The summed E-state index contributed by atoms with van der Waals surface area (Å²) in [5, 5.41) is 0. The van der Waals surface area contributed by atoms with E-state index in [-0.39, 0.29) is 11.6 Å². The van der Waals surface area contributed by atoms with Crippen molar-refractivity contribution in [3.63, 3.8) is 0 Å². The lowest BCUT2D eigenvalue weighted by molar-refractivity contribution is 0.146. The molecule has 1 atom stereocenters. The highest BCUT2D eigenvalue weighted by Crippen LogP contribution is 2.31. The molecule has 6 heteroatoms. The molecule has 0 aliphatic carbocycles. The molecule has 1 aromatic heterocycles. The van der Waals surface area contributed by atoms with Crippen LogP contribution in [0, 0.1) is 5.92 Å². The fraction of sp³-hybridized carbons (Fsp3) is 0.400. The van der Waals surface area contributed by atoms with Gasteiger partial charge < -0.3 is 13.9 Å². The van der Waals surface area contributed by atoms with E-state index in [2.05, 4.69) is 4.98 Å². The minimum absolute atomic E-state index is 0.142. The van der Waals surface area contributed by atoms with Gasteiger partial charge in [0.15, 0.2) is 0 Å². The molecule has 112 valence electrons. The Morgan fingerprint density at radius 3 is 2.90 bits per heavy atom. The van der Waals surface area contributed by atoms with Crippen LogP contribution >= 0.6 is 0 Å². The molecular weight excluding hydrogens is 280 g/mol. The Morgan fingerprint density at radius 2 is 2.19 bits per heavy atom. The van der Waals surface area contributed by atoms with Crippen molar-refractivity contribution in [2.45, 2.75) is 12.8 Å². The van der Waals surface area contributed by atoms with Crippen LogP contribution in [-0.2, 0) is 4.74 Å². The third kappa shape index (κ3) is 3.21. The van der Waals surface area contributed by atoms with Gasteiger partial charge in [-0.1, -0.05) is 12.1 Å². The first-order valence-electron chi connectivity index (χ1n) is 6.77.